The number of benzene rings is 2. The predicted molar refractivity (Wildman–Crippen MR) is 160 cm³/mol. The molecule has 2 aliphatic rings. The fourth-order valence-corrected chi connectivity index (χ4v) is 7.12. The molecule has 0 N–H and O–H groups in total. The van der Waals surface area contributed by atoms with Crippen LogP contribution in [0.5, 0.6) is 0 Å². The van der Waals surface area contributed by atoms with Crippen molar-refractivity contribution in [1.29, 1.82) is 0 Å². The minimum atomic E-state index is 0.662. The van der Waals surface area contributed by atoms with Crippen LogP contribution in [0, 0.1) is 17.8 Å². The van der Waals surface area contributed by atoms with E-state index < -0.39 is 0 Å². The molecule has 0 spiro atoms. The Balaban J connectivity index is 1.18. The first kappa shape index (κ1) is 28.2. The van der Waals surface area contributed by atoms with E-state index in [9.17, 15) is 0 Å². The second-order valence-electron chi connectivity index (χ2n) is 12.4. The van der Waals surface area contributed by atoms with E-state index in [4.69, 9.17) is 4.74 Å². The number of methoxy groups -OCH3 is 1. The molecule has 0 amide bonds. The summed E-state index contributed by atoms with van der Waals surface area (Å²) in [6.07, 6.45) is 19.9. The molecule has 0 saturated heterocycles. The zero-order valence-electron chi connectivity index (χ0n) is 24.1. The number of allylic oxidation sites excluding steroid dienone is 1. The van der Waals surface area contributed by atoms with E-state index in [1.165, 1.54) is 112 Å². The Kier molecular flexibility index (Phi) is 10.9. The molecule has 0 heterocycles. The molecule has 1 fully saturated rings. The SMILES string of the molecule is C=C(C)CC(CCCCC1CCC(CCc2ccc3c(c2)CCc2cc(CCC)ccc2-3)CC1)COC. The van der Waals surface area contributed by atoms with Gasteiger partial charge >= 0.3 is 0 Å². The molecule has 4 rings (SSSR count). The minimum Gasteiger partial charge on any atom is -0.384 e. The maximum absolute atomic E-state index is 5.43. The van der Waals surface area contributed by atoms with Gasteiger partial charge in [0.1, 0.15) is 0 Å². The highest BCUT2D eigenvalue weighted by Crippen LogP contribution is 2.37. The fourth-order valence-electron chi connectivity index (χ4n) is 7.12. The fraction of sp³-hybridized carbons (Fsp3) is 0.611. The summed E-state index contributed by atoms with van der Waals surface area (Å²) in [5, 5.41) is 0. The number of ether oxygens (including phenoxy) is 1. The van der Waals surface area contributed by atoms with E-state index in [0.29, 0.717) is 5.92 Å². The van der Waals surface area contributed by atoms with Crippen molar-refractivity contribution < 1.29 is 4.74 Å². The Morgan fingerprint density at radius 2 is 1.46 bits per heavy atom. The van der Waals surface area contributed by atoms with E-state index in [2.05, 4.69) is 56.8 Å². The normalized spacial score (nSPS) is 19.8. The first-order valence-corrected chi connectivity index (χ1v) is 15.4. The molecule has 0 aliphatic heterocycles. The van der Waals surface area contributed by atoms with Gasteiger partial charge in [-0.2, -0.15) is 0 Å². The summed E-state index contributed by atoms with van der Waals surface area (Å²) in [4.78, 5) is 0. The first-order chi connectivity index (χ1) is 18.1. The maximum atomic E-state index is 5.43. The molecule has 202 valence electrons. The summed E-state index contributed by atoms with van der Waals surface area (Å²) in [6.45, 7) is 9.40. The van der Waals surface area contributed by atoms with Gasteiger partial charge in [0.05, 0.1) is 0 Å². The predicted octanol–water partition coefficient (Wildman–Crippen LogP) is 9.93. The number of fused-ring (bicyclic) bond motifs is 3. The van der Waals surface area contributed by atoms with E-state index in [1.54, 1.807) is 16.7 Å². The van der Waals surface area contributed by atoms with Gasteiger partial charge in [-0.25, -0.2) is 0 Å². The number of unbranched alkanes of at least 4 members (excludes halogenated alkanes) is 1. The van der Waals surface area contributed by atoms with Crippen molar-refractivity contribution in [3.05, 3.63) is 70.8 Å². The molecule has 1 atom stereocenters. The van der Waals surface area contributed by atoms with Crippen LogP contribution < -0.4 is 0 Å². The minimum absolute atomic E-state index is 0.662. The third-order valence-corrected chi connectivity index (χ3v) is 9.15. The van der Waals surface area contributed by atoms with Gasteiger partial charge in [0, 0.05) is 13.7 Å². The summed E-state index contributed by atoms with van der Waals surface area (Å²) in [7, 11) is 1.83. The van der Waals surface area contributed by atoms with Gasteiger partial charge < -0.3 is 4.74 Å². The summed E-state index contributed by atoms with van der Waals surface area (Å²) in [6, 6.07) is 14.6. The Bertz CT molecular complexity index is 994. The third-order valence-electron chi connectivity index (χ3n) is 9.15. The van der Waals surface area contributed by atoms with Gasteiger partial charge in [-0.05, 0) is 103 Å². The van der Waals surface area contributed by atoms with E-state index >= 15 is 0 Å². The standard InChI is InChI=1S/C36H52O/c1-5-8-30-17-21-35-33(24-30)19-20-34-25-31(18-22-36(34)35)16-15-29-13-11-28(12-14-29)9-6-7-10-32(26-37-4)23-27(2)3/h17-18,21-22,24-25,28-29,32H,2,5-16,19-20,23,26H2,1,3-4H3. The zero-order chi connectivity index (χ0) is 26.0. The molecular weight excluding hydrogens is 448 g/mol. The van der Waals surface area contributed by atoms with E-state index in [0.717, 1.165) is 24.9 Å². The van der Waals surface area contributed by atoms with Crippen LogP contribution in [0.1, 0.15) is 107 Å². The van der Waals surface area contributed by atoms with Gasteiger partial charge in [-0.15, -0.1) is 6.58 Å². The quantitative estimate of drug-likeness (QED) is 0.185. The van der Waals surface area contributed by atoms with Gasteiger partial charge in [0.15, 0.2) is 0 Å². The number of aryl methyl sites for hydroxylation is 4. The Morgan fingerprint density at radius 3 is 2.03 bits per heavy atom. The van der Waals surface area contributed by atoms with E-state index in [-0.39, 0.29) is 0 Å². The van der Waals surface area contributed by atoms with Crippen molar-refractivity contribution in [2.24, 2.45) is 17.8 Å². The molecule has 2 aromatic rings. The highest BCUT2D eigenvalue weighted by molar-refractivity contribution is 5.73. The molecular formula is C36H52O. The van der Waals surface area contributed by atoms with Crippen molar-refractivity contribution in [2.75, 3.05) is 13.7 Å². The van der Waals surface area contributed by atoms with Crippen LogP contribution >= 0.6 is 0 Å². The lowest BCUT2D eigenvalue weighted by molar-refractivity contribution is 0.145. The molecule has 2 aromatic carbocycles. The zero-order valence-corrected chi connectivity index (χ0v) is 24.1. The Hall–Kier alpha value is -1.86. The summed E-state index contributed by atoms with van der Waals surface area (Å²) in [5.74, 6) is 2.57. The van der Waals surface area contributed by atoms with Crippen LogP contribution in [-0.2, 0) is 30.4 Å². The lowest BCUT2D eigenvalue weighted by Gasteiger charge is -2.29. The smallest absolute Gasteiger partial charge is 0.0493 e. The largest absolute Gasteiger partial charge is 0.384 e. The molecule has 0 radical (unpaired) electrons. The lowest BCUT2D eigenvalue weighted by atomic mass is 9.77. The van der Waals surface area contributed by atoms with Crippen LogP contribution in [-0.4, -0.2) is 13.7 Å². The molecule has 1 unspecified atom stereocenters. The highest BCUT2D eigenvalue weighted by Gasteiger charge is 2.22. The first-order valence-electron chi connectivity index (χ1n) is 15.4. The topological polar surface area (TPSA) is 9.23 Å². The second kappa shape index (κ2) is 14.3. The van der Waals surface area contributed by atoms with Crippen molar-refractivity contribution in [2.45, 2.75) is 110 Å². The van der Waals surface area contributed by atoms with Crippen molar-refractivity contribution in [1.82, 2.24) is 0 Å². The molecule has 37 heavy (non-hydrogen) atoms. The summed E-state index contributed by atoms with van der Waals surface area (Å²) >= 11 is 0. The van der Waals surface area contributed by atoms with Gasteiger partial charge in [0.25, 0.3) is 0 Å². The van der Waals surface area contributed by atoms with Gasteiger partial charge in [-0.1, -0.05) is 100 Å². The van der Waals surface area contributed by atoms with Crippen molar-refractivity contribution >= 4 is 0 Å². The molecule has 1 nitrogen and oxygen atoms in total. The van der Waals surface area contributed by atoms with Crippen LogP contribution in [0.4, 0.5) is 0 Å². The van der Waals surface area contributed by atoms with Crippen LogP contribution in [0.15, 0.2) is 48.6 Å². The van der Waals surface area contributed by atoms with Gasteiger partial charge in [-0.3, -0.25) is 0 Å². The Morgan fingerprint density at radius 1 is 0.865 bits per heavy atom. The maximum Gasteiger partial charge on any atom is 0.0493 e. The molecule has 1 saturated carbocycles. The molecule has 1 heteroatoms. The van der Waals surface area contributed by atoms with Crippen LogP contribution in [0.25, 0.3) is 11.1 Å². The number of hydrogen-bond acceptors (Lipinski definition) is 1. The van der Waals surface area contributed by atoms with E-state index in [1.807, 2.05) is 7.11 Å². The monoisotopic (exact) mass is 500 g/mol. The van der Waals surface area contributed by atoms with Gasteiger partial charge in [0.2, 0.25) is 0 Å². The number of hydrogen-bond donors (Lipinski definition) is 0. The van der Waals surface area contributed by atoms with Crippen LogP contribution in [0.3, 0.4) is 0 Å². The molecule has 2 aliphatic carbocycles. The summed E-state index contributed by atoms with van der Waals surface area (Å²) in [5.41, 5.74) is 10.5. The van der Waals surface area contributed by atoms with Crippen LogP contribution in [0.2, 0.25) is 0 Å². The average molecular weight is 501 g/mol. The highest BCUT2D eigenvalue weighted by atomic mass is 16.5. The second-order valence-corrected chi connectivity index (χ2v) is 12.4. The summed E-state index contributed by atoms with van der Waals surface area (Å²) < 4.78 is 5.43. The third kappa shape index (κ3) is 8.31. The Labute approximate surface area is 228 Å². The number of rotatable bonds is 14. The average Bonchev–Trinajstić information content (AvgIpc) is 2.90. The van der Waals surface area contributed by atoms with Crippen molar-refractivity contribution in [3.8, 4) is 11.1 Å². The molecule has 0 aromatic heterocycles. The van der Waals surface area contributed by atoms with Crippen molar-refractivity contribution in [3.63, 3.8) is 0 Å². The lowest BCUT2D eigenvalue weighted by Crippen LogP contribution is -2.15. The molecule has 0 bridgehead atoms.